The molecule has 0 amide bonds. The average molecular weight is 256 g/mol. The number of nitrogens with two attached hydrogens (primary N) is 1. The Balaban J connectivity index is 2.37. The van der Waals surface area contributed by atoms with Crippen LogP contribution in [-0.4, -0.2) is 17.6 Å². The molecular formula is C12H18F2N4. The molecule has 2 atom stereocenters. The third-order valence-electron chi connectivity index (χ3n) is 3.69. The molecule has 0 aromatic carbocycles. The quantitative estimate of drug-likeness (QED) is 0.629. The predicted octanol–water partition coefficient (Wildman–Crippen LogP) is 2.27. The predicted molar refractivity (Wildman–Crippen MR) is 67.2 cm³/mol. The summed E-state index contributed by atoms with van der Waals surface area (Å²) in [6.45, 7) is 4.88. The molecule has 1 saturated heterocycles. The van der Waals surface area contributed by atoms with Crippen LogP contribution in [0.5, 0.6) is 0 Å². The normalized spacial score (nSPS) is 24.2. The van der Waals surface area contributed by atoms with E-state index >= 15 is 0 Å². The van der Waals surface area contributed by atoms with Crippen molar-refractivity contribution in [3.05, 3.63) is 17.7 Å². The minimum atomic E-state index is -0.781. The molecule has 0 aliphatic carbocycles. The fourth-order valence-corrected chi connectivity index (χ4v) is 2.39. The van der Waals surface area contributed by atoms with Crippen LogP contribution in [0.3, 0.4) is 0 Å². The second-order valence-corrected chi connectivity index (χ2v) is 4.82. The van der Waals surface area contributed by atoms with E-state index in [0.29, 0.717) is 5.92 Å². The van der Waals surface area contributed by atoms with Gasteiger partial charge in [0.25, 0.3) is 0 Å². The summed E-state index contributed by atoms with van der Waals surface area (Å²) in [4.78, 5) is 5.82. The molecule has 4 nitrogen and oxygen atoms in total. The van der Waals surface area contributed by atoms with Gasteiger partial charge in [-0.1, -0.05) is 6.92 Å². The Morgan fingerprint density at radius 2 is 2.11 bits per heavy atom. The first-order valence-corrected chi connectivity index (χ1v) is 6.14. The monoisotopic (exact) mass is 256 g/mol. The topological polar surface area (TPSA) is 54.2 Å². The molecule has 6 heteroatoms. The van der Waals surface area contributed by atoms with Crippen molar-refractivity contribution in [2.75, 3.05) is 16.9 Å². The summed E-state index contributed by atoms with van der Waals surface area (Å²) in [5, 5.41) is 0. The summed E-state index contributed by atoms with van der Waals surface area (Å²) in [7, 11) is 0. The molecule has 2 rings (SSSR count). The molecule has 1 aromatic heterocycles. The molecule has 2 unspecified atom stereocenters. The molecule has 0 saturated carbocycles. The summed E-state index contributed by atoms with van der Waals surface area (Å²) in [6.07, 6.45) is 2.10. The van der Waals surface area contributed by atoms with Crippen LogP contribution in [-0.2, 0) is 0 Å². The lowest BCUT2D eigenvalue weighted by Gasteiger charge is -2.38. The van der Waals surface area contributed by atoms with Crippen molar-refractivity contribution in [2.45, 2.75) is 32.7 Å². The number of aromatic nitrogens is 1. The van der Waals surface area contributed by atoms with Crippen molar-refractivity contribution < 1.29 is 8.78 Å². The zero-order valence-electron chi connectivity index (χ0n) is 10.6. The van der Waals surface area contributed by atoms with Gasteiger partial charge in [-0.25, -0.2) is 19.6 Å². The highest BCUT2D eigenvalue weighted by Crippen LogP contribution is 2.30. The Morgan fingerprint density at radius 1 is 1.39 bits per heavy atom. The van der Waals surface area contributed by atoms with Crippen LogP contribution >= 0.6 is 0 Å². The highest BCUT2D eigenvalue weighted by molar-refractivity contribution is 5.49. The van der Waals surface area contributed by atoms with E-state index in [4.69, 9.17) is 5.84 Å². The molecule has 1 aliphatic rings. The third kappa shape index (κ3) is 2.25. The van der Waals surface area contributed by atoms with Crippen molar-refractivity contribution in [1.29, 1.82) is 0 Å². The largest absolute Gasteiger partial charge is 0.351 e. The first-order valence-electron chi connectivity index (χ1n) is 6.14. The number of hydrazine groups is 1. The molecule has 0 bridgehead atoms. The fraction of sp³-hybridized carbons (Fsp3) is 0.583. The Morgan fingerprint density at radius 3 is 2.78 bits per heavy atom. The molecule has 1 aliphatic heterocycles. The Labute approximate surface area is 105 Å². The second kappa shape index (κ2) is 5.06. The molecular weight excluding hydrogens is 238 g/mol. The smallest absolute Gasteiger partial charge is 0.178 e. The summed E-state index contributed by atoms with van der Waals surface area (Å²) in [5.41, 5.74) is 2.15. The maximum absolute atomic E-state index is 13.8. The Bertz CT molecular complexity index is 438. The van der Waals surface area contributed by atoms with E-state index in [1.54, 1.807) is 0 Å². The molecule has 100 valence electrons. The number of rotatable bonds is 2. The van der Waals surface area contributed by atoms with Gasteiger partial charge in [0.05, 0.1) is 0 Å². The van der Waals surface area contributed by atoms with Gasteiger partial charge in [-0.2, -0.15) is 0 Å². The fourth-order valence-electron chi connectivity index (χ4n) is 2.39. The molecule has 0 radical (unpaired) electrons. The second-order valence-electron chi connectivity index (χ2n) is 4.82. The first kappa shape index (κ1) is 13.0. The SMILES string of the molecule is CC1CCCN(c2nc(NN)c(F)cc2F)C1C. The van der Waals surface area contributed by atoms with E-state index < -0.39 is 11.6 Å². The zero-order valence-corrected chi connectivity index (χ0v) is 10.6. The van der Waals surface area contributed by atoms with Gasteiger partial charge in [0.15, 0.2) is 23.3 Å². The molecule has 1 fully saturated rings. The molecule has 0 spiro atoms. The lowest BCUT2D eigenvalue weighted by Crippen LogP contribution is -2.43. The summed E-state index contributed by atoms with van der Waals surface area (Å²) < 4.78 is 27.1. The number of nitrogens with zero attached hydrogens (tertiary/aromatic N) is 2. The van der Waals surface area contributed by atoms with Gasteiger partial charge < -0.3 is 10.3 Å². The van der Waals surface area contributed by atoms with E-state index in [1.807, 2.05) is 11.8 Å². The minimum Gasteiger partial charge on any atom is -0.351 e. The van der Waals surface area contributed by atoms with Crippen LogP contribution in [0.1, 0.15) is 26.7 Å². The molecule has 2 heterocycles. The van der Waals surface area contributed by atoms with Crippen molar-refractivity contribution in [3.63, 3.8) is 0 Å². The average Bonchev–Trinajstić information content (AvgIpc) is 2.34. The number of anilines is 2. The number of nitrogen functional groups attached to an aromatic ring is 1. The van der Waals surface area contributed by atoms with Gasteiger partial charge >= 0.3 is 0 Å². The summed E-state index contributed by atoms with van der Waals surface area (Å²) >= 11 is 0. The zero-order chi connectivity index (χ0) is 13.3. The Kier molecular flexibility index (Phi) is 3.65. The lowest BCUT2D eigenvalue weighted by molar-refractivity contribution is 0.357. The van der Waals surface area contributed by atoms with E-state index in [1.165, 1.54) is 0 Å². The number of pyridine rings is 1. The summed E-state index contributed by atoms with van der Waals surface area (Å²) in [5.74, 6) is 4.24. The van der Waals surface area contributed by atoms with Crippen LogP contribution in [0.25, 0.3) is 0 Å². The molecule has 3 N–H and O–H groups in total. The molecule has 1 aromatic rings. The number of piperidine rings is 1. The van der Waals surface area contributed by atoms with E-state index in [-0.39, 0.29) is 17.7 Å². The van der Waals surface area contributed by atoms with E-state index in [9.17, 15) is 8.78 Å². The number of halogens is 2. The number of nitrogens with one attached hydrogen (secondary N) is 1. The third-order valence-corrected chi connectivity index (χ3v) is 3.69. The van der Waals surface area contributed by atoms with Gasteiger partial charge in [0.2, 0.25) is 0 Å². The van der Waals surface area contributed by atoms with Gasteiger partial charge in [0, 0.05) is 18.7 Å². The lowest BCUT2D eigenvalue weighted by atomic mass is 9.92. The highest BCUT2D eigenvalue weighted by atomic mass is 19.1. The van der Waals surface area contributed by atoms with E-state index in [2.05, 4.69) is 17.3 Å². The van der Waals surface area contributed by atoms with Crippen LogP contribution in [0.15, 0.2) is 6.07 Å². The number of hydrogen-bond donors (Lipinski definition) is 2. The van der Waals surface area contributed by atoms with Gasteiger partial charge in [-0.3, -0.25) is 0 Å². The van der Waals surface area contributed by atoms with Gasteiger partial charge in [0.1, 0.15) is 0 Å². The van der Waals surface area contributed by atoms with Gasteiger partial charge in [-0.15, -0.1) is 0 Å². The van der Waals surface area contributed by atoms with Crippen LogP contribution in [0.4, 0.5) is 20.4 Å². The summed E-state index contributed by atoms with van der Waals surface area (Å²) in [6, 6.07) is 1.00. The van der Waals surface area contributed by atoms with Crippen molar-refractivity contribution in [2.24, 2.45) is 11.8 Å². The van der Waals surface area contributed by atoms with E-state index in [0.717, 1.165) is 25.5 Å². The minimum absolute atomic E-state index is 0.128. The van der Waals surface area contributed by atoms with Crippen molar-refractivity contribution in [3.8, 4) is 0 Å². The first-order chi connectivity index (χ1) is 8.54. The number of hydrogen-bond acceptors (Lipinski definition) is 4. The highest BCUT2D eigenvalue weighted by Gasteiger charge is 2.28. The van der Waals surface area contributed by atoms with Crippen LogP contribution in [0.2, 0.25) is 0 Å². The maximum atomic E-state index is 13.8. The van der Waals surface area contributed by atoms with Crippen LogP contribution < -0.4 is 16.2 Å². The maximum Gasteiger partial charge on any atom is 0.178 e. The van der Waals surface area contributed by atoms with Gasteiger partial charge in [-0.05, 0) is 25.7 Å². The molecule has 18 heavy (non-hydrogen) atoms. The van der Waals surface area contributed by atoms with Crippen molar-refractivity contribution in [1.82, 2.24) is 4.98 Å². The van der Waals surface area contributed by atoms with Crippen LogP contribution in [0, 0.1) is 17.6 Å². The Hall–Kier alpha value is -1.43. The standard InChI is InChI=1S/C12H18F2N4/c1-7-4-3-5-18(8(7)2)12-10(14)6-9(13)11(16-12)17-15/h6-8H,3-5,15H2,1-2H3,(H,16,17). The van der Waals surface area contributed by atoms with Crippen molar-refractivity contribution >= 4 is 11.6 Å².